The fourth-order valence-corrected chi connectivity index (χ4v) is 5.36. The number of ether oxygens (including phenoxy) is 2. The van der Waals surface area contributed by atoms with E-state index in [0.717, 1.165) is 36.4 Å². The number of hydrogen-bond donors (Lipinski definition) is 1. The fourth-order valence-electron chi connectivity index (χ4n) is 5.36. The number of hydrogen-bond acceptors (Lipinski definition) is 4. The monoisotopic (exact) mass is 558 g/mol. The van der Waals surface area contributed by atoms with Crippen LogP contribution in [0.4, 0.5) is 25.0 Å². The maximum atomic E-state index is 14.3. The summed E-state index contributed by atoms with van der Waals surface area (Å²) in [6.07, 6.45) is 3.38. The van der Waals surface area contributed by atoms with Crippen molar-refractivity contribution in [3.8, 4) is 17.2 Å². The second-order valence-electron chi connectivity index (χ2n) is 9.98. The van der Waals surface area contributed by atoms with Crippen LogP contribution in [0.5, 0.6) is 11.5 Å². The molecule has 1 saturated carbocycles. The normalized spacial score (nSPS) is 15.5. The van der Waals surface area contributed by atoms with E-state index >= 15 is 0 Å². The number of carbonyl (C=O) groups excluding carboxylic acids is 2. The summed E-state index contributed by atoms with van der Waals surface area (Å²) in [5, 5.41) is 2.51. The van der Waals surface area contributed by atoms with Crippen LogP contribution in [0.15, 0.2) is 79.0 Å². The van der Waals surface area contributed by atoms with E-state index in [0.29, 0.717) is 28.8 Å². The van der Waals surface area contributed by atoms with Crippen molar-refractivity contribution in [2.75, 3.05) is 31.0 Å². The Labute approximate surface area is 235 Å². The van der Waals surface area contributed by atoms with Crippen LogP contribution in [0.2, 0.25) is 0 Å². The quantitative estimate of drug-likeness (QED) is 0.306. The van der Waals surface area contributed by atoms with Gasteiger partial charge in [-0.25, -0.2) is 13.6 Å². The summed E-state index contributed by atoms with van der Waals surface area (Å²) in [7, 11) is 3.14. The Balaban J connectivity index is 1.40. The van der Waals surface area contributed by atoms with E-state index in [-0.39, 0.29) is 24.2 Å². The average molecular weight is 559 g/mol. The number of amides is 3. The Hall–Kier alpha value is -4.86. The first-order valence-corrected chi connectivity index (χ1v) is 13.2. The molecule has 2 heterocycles. The summed E-state index contributed by atoms with van der Waals surface area (Å²) in [6, 6.07) is 18.4. The number of anilines is 2. The van der Waals surface area contributed by atoms with Crippen LogP contribution >= 0.6 is 0 Å². The number of nitrogens with one attached hydrogen (secondary N) is 1. The van der Waals surface area contributed by atoms with E-state index in [1.165, 1.54) is 4.90 Å². The Kier molecular flexibility index (Phi) is 6.82. The summed E-state index contributed by atoms with van der Waals surface area (Å²) >= 11 is 0. The largest absolute Gasteiger partial charge is 0.497 e. The van der Waals surface area contributed by atoms with Crippen molar-refractivity contribution in [3.05, 3.63) is 102 Å². The first-order valence-electron chi connectivity index (χ1n) is 13.2. The molecule has 10 heteroatoms. The molecule has 1 aliphatic carbocycles. The molecule has 0 saturated heterocycles. The number of aromatic nitrogens is 1. The van der Waals surface area contributed by atoms with E-state index in [9.17, 15) is 18.4 Å². The van der Waals surface area contributed by atoms with Gasteiger partial charge in [-0.1, -0.05) is 12.1 Å². The van der Waals surface area contributed by atoms with Gasteiger partial charge in [0.25, 0.3) is 0 Å². The van der Waals surface area contributed by atoms with Gasteiger partial charge in [-0.15, -0.1) is 0 Å². The molecule has 210 valence electrons. The van der Waals surface area contributed by atoms with Gasteiger partial charge in [0.1, 0.15) is 35.7 Å². The third-order valence-corrected chi connectivity index (χ3v) is 7.45. The van der Waals surface area contributed by atoms with Crippen molar-refractivity contribution in [2.24, 2.45) is 0 Å². The maximum Gasteiger partial charge on any atom is 0.322 e. The summed E-state index contributed by atoms with van der Waals surface area (Å²) in [6.45, 7) is -0.253. The molecule has 0 bridgehead atoms. The predicted molar refractivity (Wildman–Crippen MR) is 150 cm³/mol. The van der Waals surface area contributed by atoms with Crippen molar-refractivity contribution in [2.45, 2.75) is 24.9 Å². The standard InChI is InChI=1S/C31H28F2N4O4/c1-40-21-12-14-28(41-2)22(17-21)30-27-8-5-15-35(27)25-6-3-4-7-26(25)37(30)29(38)18-36(20-10-11-20)31(39)34-24-13-9-19(32)16-23(24)33/h3-9,12-17,20,30H,10-11,18H2,1-2H3,(H,34,39). The Morgan fingerprint density at radius 1 is 0.951 bits per heavy atom. The predicted octanol–water partition coefficient (Wildman–Crippen LogP) is 5.91. The number of halogens is 2. The zero-order chi connectivity index (χ0) is 28.7. The average Bonchev–Trinajstić information content (AvgIpc) is 3.70. The second kappa shape index (κ2) is 10.6. The SMILES string of the molecule is COc1ccc(OC)c(C2c3cccn3-c3ccccc3N2C(=O)CN(C(=O)Nc2ccc(F)cc2F)C2CC2)c1. The molecule has 1 N–H and O–H groups in total. The molecule has 1 aliphatic heterocycles. The minimum atomic E-state index is -0.892. The minimum Gasteiger partial charge on any atom is -0.497 e. The van der Waals surface area contributed by atoms with Gasteiger partial charge in [-0.05, 0) is 67.4 Å². The lowest BCUT2D eigenvalue weighted by Gasteiger charge is -2.40. The third-order valence-electron chi connectivity index (χ3n) is 7.45. The molecule has 1 fully saturated rings. The molecule has 0 spiro atoms. The number of benzene rings is 3. The van der Waals surface area contributed by atoms with Gasteiger partial charge in [0.05, 0.1) is 37.0 Å². The highest BCUT2D eigenvalue weighted by Gasteiger charge is 2.41. The molecular weight excluding hydrogens is 530 g/mol. The minimum absolute atomic E-state index is 0.158. The number of nitrogens with zero attached hydrogens (tertiary/aromatic N) is 3. The highest BCUT2D eigenvalue weighted by Crippen LogP contribution is 2.45. The molecule has 2 aliphatic rings. The van der Waals surface area contributed by atoms with Crippen molar-refractivity contribution in [3.63, 3.8) is 0 Å². The van der Waals surface area contributed by atoms with Crippen molar-refractivity contribution < 1.29 is 27.8 Å². The van der Waals surface area contributed by atoms with E-state index in [1.54, 1.807) is 31.3 Å². The number of fused-ring (bicyclic) bond motifs is 3. The zero-order valence-corrected chi connectivity index (χ0v) is 22.5. The summed E-state index contributed by atoms with van der Waals surface area (Å²) in [4.78, 5) is 30.8. The van der Waals surface area contributed by atoms with Crippen LogP contribution in [0.1, 0.15) is 30.1 Å². The molecule has 1 aromatic heterocycles. The van der Waals surface area contributed by atoms with Crippen LogP contribution in [-0.2, 0) is 4.79 Å². The Bertz CT molecular complexity index is 1630. The summed E-state index contributed by atoms with van der Waals surface area (Å²) in [5.74, 6) is -0.797. The Morgan fingerprint density at radius 3 is 2.44 bits per heavy atom. The second-order valence-corrected chi connectivity index (χ2v) is 9.98. The molecule has 3 amide bonds. The molecule has 0 radical (unpaired) electrons. The summed E-state index contributed by atoms with van der Waals surface area (Å²) < 4.78 is 41.0. The van der Waals surface area contributed by atoms with Gasteiger partial charge >= 0.3 is 6.03 Å². The van der Waals surface area contributed by atoms with Crippen LogP contribution in [0.3, 0.4) is 0 Å². The van der Waals surface area contributed by atoms with E-state index in [1.807, 2.05) is 53.2 Å². The number of methoxy groups -OCH3 is 2. The van der Waals surface area contributed by atoms with Gasteiger partial charge < -0.3 is 24.3 Å². The van der Waals surface area contributed by atoms with Crippen LogP contribution in [0, 0.1) is 11.6 Å². The van der Waals surface area contributed by atoms with Gasteiger partial charge in [0.15, 0.2) is 0 Å². The molecule has 6 rings (SSSR count). The van der Waals surface area contributed by atoms with Crippen LogP contribution in [0.25, 0.3) is 5.69 Å². The van der Waals surface area contributed by atoms with E-state index < -0.39 is 23.7 Å². The molecule has 8 nitrogen and oxygen atoms in total. The van der Waals surface area contributed by atoms with Crippen molar-refractivity contribution in [1.82, 2.24) is 9.47 Å². The topological polar surface area (TPSA) is 76.0 Å². The highest BCUT2D eigenvalue weighted by molar-refractivity contribution is 6.01. The smallest absolute Gasteiger partial charge is 0.322 e. The first-order chi connectivity index (χ1) is 19.9. The number of rotatable bonds is 7. The number of urea groups is 1. The molecule has 1 atom stereocenters. The number of carbonyl (C=O) groups is 2. The lowest BCUT2D eigenvalue weighted by molar-refractivity contribution is -0.119. The summed E-state index contributed by atoms with van der Waals surface area (Å²) in [5.41, 5.74) is 2.87. The van der Waals surface area contributed by atoms with Gasteiger partial charge in [-0.2, -0.15) is 0 Å². The first kappa shape index (κ1) is 26.4. The van der Waals surface area contributed by atoms with Gasteiger partial charge in [0.2, 0.25) is 5.91 Å². The fraction of sp³-hybridized carbons (Fsp3) is 0.226. The van der Waals surface area contributed by atoms with E-state index in [2.05, 4.69) is 5.32 Å². The number of para-hydroxylation sites is 2. The van der Waals surface area contributed by atoms with Crippen LogP contribution in [-0.4, -0.2) is 48.2 Å². The van der Waals surface area contributed by atoms with Crippen molar-refractivity contribution in [1.29, 1.82) is 0 Å². The van der Waals surface area contributed by atoms with E-state index in [4.69, 9.17) is 9.47 Å². The molecule has 1 unspecified atom stereocenters. The molecule has 4 aromatic rings. The lowest BCUT2D eigenvalue weighted by atomic mass is 9.96. The molecular formula is C31H28F2N4O4. The highest BCUT2D eigenvalue weighted by atomic mass is 19.1. The van der Waals surface area contributed by atoms with Crippen LogP contribution < -0.4 is 19.7 Å². The zero-order valence-electron chi connectivity index (χ0n) is 22.5. The van der Waals surface area contributed by atoms with Crippen molar-refractivity contribution >= 4 is 23.3 Å². The van der Waals surface area contributed by atoms with Gasteiger partial charge in [-0.3, -0.25) is 9.69 Å². The molecule has 41 heavy (non-hydrogen) atoms. The Morgan fingerprint density at radius 2 is 1.73 bits per heavy atom. The lowest BCUT2D eigenvalue weighted by Crippen LogP contribution is -2.48. The third kappa shape index (κ3) is 4.86. The maximum absolute atomic E-state index is 14.3. The molecule has 3 aromatic carbocycles. The van der Waals surface area contributed by atoms with Gasteiger partial charge in [0, 0.05) is 23.9 Å².